The van der Waals surface area contributed by atoms with Crippen LogP contribution in [0.1, 0.15) is 11.4 Å². The van der Waals surface area contributed by atoms with E-state index in [0.717, 1.165) is 0 Å². The molecular formula is C13H10FN3O. The van der Waals surface area contributed by atoms with Gasteiger partial charge in [0.05, 0.1) is 0 Å². The maximum absolute atomic E-state index is 13.5. The highest BCUT2D eigenvalue weighted by molar-refractivity contribution is 5.51. The van der Waals surface area contributed by atoms with Crippen molar-refractivity contribution in [3.63, 3.8) is 0 Å². The molecule has 0 saturated heterocycles. The second-order valence-corrected chi connectivity index (χ2v) is 3.96. The monoisotopic (exact) mass is 243 g/mol. The molecular weight excluding hydrogens is 233 g/mol. The highest BCUT2D eigenvalue weighted by Crippen LogP contribution is 2.17. The molecule has 0 fully saturated rings. The number of pyridine rings is 1. The first kappa shape index (κ1) is 10.7. The summed E-state index contributed by atoms with van der Waals surface area (Å²) in [6, 6.07) is 9.72. The van der Waals surface area contributed by atoms with Gasteiger partial charge in [-0.1, -0.05) is 18.2 Å². The third-order valence-corrected chi connectivity index (χ3v) is 2.69. The number of aromatic nitrogens is 3. The minimum Gasteiger partial charge on any atom is -0.504 e. The molecule has 3 aromatic rings. The number of hydrogen-bond donors (Lipinski definition) is 1. The standard InChI is InChI=1S/C13H10FN3O/c14-10-5-2-1-4-9(10)8-12-15-13-11(18)6-3-7-17(13)16-12/h1-7,18H,8H2. The van der Waals surface area contributed by atoms with E-state index in [1.165, 1.54) is 16.6 Å². The van der Waals surface area contributed by atoms with Gasteiger partial charge in [-0.25, -0.2) is 13.9 Å². The summed E-state index contributed by atoms with van der Waals surface area (Å²) in [5.41, 5.74) is 0.914. The summed E-state index contributed by atoms with van der Waals surface area (Å²) in [5, 5.41) is 13.8. The van der Waals surface area contributed by atoms with Crippen LogP contribution in [-0.2, 0) is 6.42 Å². The molecule has 0 radical (unpaired) electrons. The van der Waals surface area contributed by atoms with Gasteiger partial charge in [0.1, 0.15) is 5.82 Å². The van der Waals surface area contributed by atoms with E-state index in [1.807, 2.05) is 0 Å². The molecule has 0 atom stereocenters. The minimum atomic E-state index is -0.277. The topological polar surface area (TPSA) is 50.4 Å². The third kappa shape index (κ3) is 1.79. The van der Waals surface area contributed by atoms with Crippen LogP contribution in [0.15, 0.2) is 42.6 Å². The van der Waals surface area contributed by atoms with Gasteiger partial charge < -0.3 is 5.11 Å². The predicted molar refractivity (Wildman–Crippen MR) is 63.9 cm³/mol. The van der Waals surface area contributed by atoms with Gasteiger partial charge in [0.25, 0.3) is 0 Å². The number of rotatable bonds is 2. The van der Waals surface area contributed by atoms with E-state index in [2.05, 4.69) is 10.1 Å². The van der Waals surface area contributed by atoms with Crippen LogP contribution in [0.3, 0.4) is 0 Å². The molecule has 2 aromatic heterocycles. The van der Waals surface area contributed by atoms with E-state index >= 15 is 0 Å². The molecule has 0 spiro atoms. The summed E-state index contributed by atoms with van der Waals surface area (Å²) in [6.07, 6.45) is 1.99. The zero-order chi connectivity index (χ0) is 12.5. The Hall–Kier alpha value is -2.43. The molecule has 4 nitrogen and oxygen atoms in total. The van der Waals surface area contributed by atoms with E-state index < -0.39 is 0 Å². The zero-order valence-electron chi connectivity index (χ0n) is 9.42. The summed E-state index contributed by atoms with van der Waals surface area (Å²) in [7, 11) is 0. The Bertz CT molecular complexity index is 708. The maximum Gasteiger partial charge on any atom is 0.197 e. The zero-order valence-corrected chi connectivity index (χ0v) is 9.42. The Labute approximate surface area is 102 Å². The minimum absolute atomic E-state index is 0.0600. The summed E-state index contributed by atoms with van der Waals surface area (Å²) in [5.74, 6) is 0.256. The van der Waals surface area contributed by atoms with Gasteiger partial charge in [0.15, 0.2) is 17.2 Å². The van der Waals surface area contributed by atoms with Crippen molar-refractivity contribution in [3.05, 3.63) is 59.8 Å². The van der Waals surface area contributed by atoms with E-state index in [0.29, 0.717) is 23.5 Å². The molecule has 0 unspecified atom stereocenters. The van der Waals surface area contributed by atoms with Gasteiger partial charge in [0.2, 0.25) is 0 Å². The number of halogens is 1. The average Bonchev–Trinajstić information content (AvgIpc) is 2.76. The predicted octanol–water partition coefficient (Wildman–Crippen LogP) is 2.16. The first-order valence-corrected chi connectivity index (χ1v) is 5.51. The first-order valence-electron chi connectivity index (χ1n) is 5.51. The van der Waals surface area contributed by atoms with E-state index in [1.54, 1.807) is 30.5 Å². The molecule has 0 aliphatic heterocycles. The number of aromatic hydroxyl groups is 1. The summed E-state index contributed by atoms with van der Waals surface area (Å²) >= 11 is 0. The van der Waals surface area contributed by atoms with Crippen LogP contribution < -0.4 is 0 Å². The van der Waals surface area contributed by atoms with Crippen molar-refractivity contribution in [1.82, 2.24) is 14.6 Å². The Balaban J connectivity index is 2.01. The van der Waals surface area contributed by atoms with Gasteiger partial charge in [-0.05, 0) is 23.8 Å². The molecule has 90 valence electrons. The fourth-order valence-corrected chi connectivity index (χ4v) is 1.82. The highest BCUT2D eigenvalue weighted by atomic mass is 19.1. The average molecular weight is 243 g/mol. The fourth-order valence-electron chi connectivity index (χ4n) is 1.82. The Kier molecular flexibility index (Phi) is 2.44. The van der Waals surface area contributed by atoms with Crippen LogP contribution >= 0.6 is 0 Å². The largest absolute Gasteiger partial charge is 0.504 e. The number of nitrogens with zero attached hydrogens (tertiary/aromatic N) is 3. The van der Waals surface area contributed by atoms with Crippen molar-refractivity contribution in [3.8, 4) is 5.75 Å². The molecule has 1 N–H and O–H groups in total. The Morgan fingerprint density at radius 2 is 2.00 bits per heavy atom. The lowest BCUT2D eigenvalue weighted by Gasteiger charge is -1.97. The van der Waals surface area contributed by atoms with Crippen LogP contribution in [0, 0.1) is 5.82 Å². The Morgan fingerprint density at radius 3 is 2.78 bits per heavy atom. The molecule has 18 heavy (non-hydrogen) atoms. The number of fused-ring (bicyclic) bond motifs is 1. The highest BCUT2D eigenvalue weighted by Gasteiger charge is 2.09. The third-order valence-electron chi connectivity index (χ3n) is 2.69. The second-order valence-electron chi connectivity index (χ2n) is 3.96. The quantitative estimate of drug-likeness (QED) is 0.750. The van der Waals surface area contributed by atoms with Crippen molar-refractivity contribution in [1.29, 1.82) is 0 Å². The maximum atomic E-state index is 13.5. The lowest BCUT2D eigenvalue weighted by Crippen LogP contribution is -1.94. The summed E-state index contributed by atoms with van der Waals surface area (Å²) < 4.78 is 15.0. The van der Waals surface area contributed by atoms with Crippen molar-refractivity contribution < 1.29 is 9.50 Å². The van der Waals surface area contributed by atoms with Gasteiger partial charge >= 0.3 is 0 Å². The van der Waals surface area contributed by atoms with E-state index in [-0.39, 0.29) is 11.6 Å². The van der Waals surface area contributed by atoms with Crippen LogP contribution in [0.5, 0.6) is 5.75 Å². The van der Waals surface area contributed by atoms with Gasteiger partial charge in [-0.3, -0.25) is 0 Å². The first-order chi connectivity index (χ1) is 8.74. The smallest absolute Gasteiger partial charge is 0.197 e. The molecule has 0 bridgehead atoms. The van der Waals surface area contributed by atoms with E-state index in [4.69, 9.17) is 0 Å². The number of hydrogen-bond acceptors (Lipinski definition) is 3. The number of benzene rings is 1. The van der Waals surface area contributed by atoms with E-state index in [9.17, 15) is 9.50 Å². The van der Waals surface area contributed by atoms with Crippen LogP contribution in [-0.4, -0.2) is 19.7 Å². The lowest BCUT2D eigenvalue weighted by atomic mass is 10.1. The molecule has 0 aliphatic carbocycles. The van der Waals surface area contributed by atoms with Crippen molar-refractivity contribution in [2.45, 2.75) is 6.42 Å². The Morgan fingerprint density at radius 1 is 1.17 bits per heavy atom. The SMILES string of the molecule is Oc1cccn2nc(Cc3ccccc3F)nc12. The molecule has 0 saturated carbocycles. The summed E-state index contributed by atoms with van der Waals surface area (Å²) in [4.78, 5) is 4.18. The van der Waals surface area contributed by atoms with Gasteiger partial charge in [-0.15, -0.1) is 0 Å². The summed E-state index contributed by atoms with van der Waals surface area (Å²) in [6.45, 7) is 0. The van der Waals surface area contributed by atoms with Crippen molar-refractivity contribution in [2.75, 3.05) is 0 Å². The molecule has 1 aromatic carbocycles. The van der Waals surface area contributed by atoms with Crippen molar-refractivity contribution >= 4 is 5.65 Å². The van der Waals surface area contributed by atoms with Crippen LogP contribution in [0.4, 0.5) is 4.39 Å². The molecule has 0 amide bonds. The fraction of sp³-hybridized carbons (Fsp3) is 0.0769. The van der Waals surface area contributed by atoms with Gasteiger partial charge in [-0.2, -0.15) is 5.10 Å². The second kappa shape index (κ2) is 4.10. The van der Waals surface area contributed by atoms with Gasteiger partial charge in [0, 0.05) is 12.6 Å². The van der Waals surface area contributed by atoms with Crippen LogP contribution in [0.2, 0.25) is 0 Å². The molecule has 3 rings (SSSR count). The molecule has 2 heterocycles. The molecule has 5 heteroatoms. The molecule has 0 aliphatic rings. The lowest BCUT2D eigenvalue weighted by molar-refractivity contribution is 0.477. The van der Waals surface area contributed by atoms with Crippen molar-refractivity contribution in [2.24, 2.45) is 0 Å². The van der Waals surface area contributed by atoms with Crippen LogP contribution in [0.25, 0.3) is 5.65 Å². The normalized spacial score (nSPS) is 10.9.